The van der Waals surface area contributed by atoms with Crippen LogP contribution in [0, 0.1) is 0 Å². The molecule has 18 heavy (non-hydrogen) atoms. The van der Waals surface area contributed by atoms with Crippen LogP contribution in [0.5, 0.6) is 0 Å². The molecule has 1 aromatic heterocycles. The topological polar surface area (TPSA) is 17.0 Å². The highest BCUT2D eigenvalue weighted by Crippen LogP contribution is 2.50. The summed E-state index contributed by atoms with van der Waals surface area (Å²) in [7, 11) is 4.22. The molecule has 1 aliphatic carbocycles. The van der Waals surface area contributed by atoms with Crippen LogP contribution in [0.3, 0.4) is 0 Å². The number of benzene rings is 1. The van der Waals surface area contributed by atoms with E-state index >= 15 is 0 Å². The Labute approximate surface area is 109 Å². The molecule has 2 nitrogen and oxygen atoms in total. The van der Waals surface area contributed by atoms with Gasteiger partial charge in [0.15, 0.2) is 0 Å². The van der Waals surface area contributed by atoms with Crippen molar-refractivity contribution in [2.75, 3.05) is 13.6 Å². The van der Waals surface area contributed by atoms with Gasteiger partial charge in [0.2, 0.25) is 0 Å². The summed E-state index contributed by atoms with van der Waals surface area (Å²) < 4.78 is 2.28. The van der Waals surface area contributed by atoms with Crippen LogP contribution < -0.4 is 5.32 Å². The van der Waals surface area contributed by atoms with Gasteiger partial charge >= 0.3 is 0 Å². The van der Waals surface area contributed by atoms with Crippen LogP contribution >= 0.6 is 0 Å². The molecule has 0 unspecified atom stereocenters. The molecule has 0 saturated heterocycles. The lowest BCUT2D eigenvalue weighted by molar-refractivity contribution is 0.626. The molecular formula is C16H22N2. The van der Waals surface area contributed by atoms with Crippen molar-refractivity contribution < 1.29 is 0 Å². The van der Waals surface area contributed by atoms with E-state index in [0.29, 0.717) is 5.41 Å². The minimum Gasteiger partial charge on any atom is -0.350 e. The Balaban J connectivity index is 2.17. The van der Waals surface area contributed by atoms with Crippen LogP contribution in [0.15, 0.2) is 24.4 Å². The van der Waals surface area contributed by atoms with Crippen molar-refractivity contribution in [1.29, 1.82) is 0 Å². The van der Waals surface area contributed by atoms with E-state index in [1.807, 2.05) is 0 Å². The number of rotatable bonds is 4. The van der Waals surface area contributed by atoms with E-state index in [1.165, 1.54) is 29.3 Å². The standard InChI is InChI=1S/C16H22N2/c1-4-12-5-6-15-13(9-12)14(10-18(15)3)16(7-8-16)11-17-2/h5-6,9-10,17H,4,7-8,11H2,1-3H3. The summed E-state index contributed by atoms with van der Waals surface area (Å²) in [5.74, 6) is 0. The van der Waals surface area contributed by atoms with Crippen LogP contribution in [0.2, 0.25) is 0 Å². The third kappa shape index (κ3) is 1.67. The second-order valence-corrected chi connectivity index (χ2v) is 5.67. The first-order chi connectivity index (χ1) is 8.70. The Morgan fingerprint density at radius 1 is 1.33 bits per heavy atom. The maximum atomic E-state index is 3.36. The van der Waals surface area contributed by atoms with Crippen LogP contribution in [0.1, 0.15) is 30.9 Å². The maximum Gasteiger partial charge on any atom is 0.0480 e. The first-order valence-corrected chi connectivity index (χ1v) is 6.93. The Bertz CT molecular complexity index is 576. The zero-order valence-corrected chi connectivity index (χ0v) is 11.6. The van der Waals surface area contributed by atoms with Crippen molar-refractivity contribution in [3.63, 3.8) is 0 Å². The Kier molecular flexibility index (Phi) is 2.70. The van der Waals surface area contributed by atoms with Crippen LogP contribution in [0.25, 0.3) is 10.9 Å². The van der Waals surface area contributed by atoms with Gasteiger partial charge in [0.05, 0.1) is 0 Å². The number of aromatic nitrogens is 1. The van der Waals surface area contributed by atoms with Gasteiger partial charge in [-0.25, -0.2) is 0 Å². The summed E-state index contributed by atoms with van der Waals surface area (Å²) in [6.45, 7) is 3.33. The summed E-state index contributed by atoms with van der Waals surface area (Å²) >= 11 is 0. The third-order valence-corrected chi connectivity index (χ3v) is 4.40. The zero-order valence-electron chi connectivity index (χ0n) is 11.6. The summed E-state index contributed by atoms with van der Waals surface area (Å²) in [4.78, 5) is 0. The monoisotopic (exact) mass is 242 g/mol. The molecule has 0 spiro atoms. The highest BCUT2D eigenvalue weighted by atomic mass is 14.9. The lowest BCUT2D eigenvalue weighted by Gasteiger charge is -2.13. The van der Waals surface area contributed by atoms with Gasteiger partial charge in [-0.3, -0.25) is 0 Å². The summed E-state index contributed by atoms with van der Waals surface area (Å²) in [5.41, 5.74) is 4.75. The van der Waals surface area contributed by atoms with Gasteiger partial charge < -0.3 is 9.88 Å². The number of likely N-dealkylation sites (N-methyl/N-ethyl adjacent to an activating group) is 1. The summed E-state index contributed by atoms with van der Waals surface area (Å²) in [5, 5.41) is 4.82. The summed E-state index contributed by atoms with van der Waals surface area (Å²) in [6, 6.07) is 6.91. The van der Waals surface area contributed by atoms with Gasteiger partial charge in [-0.05, 0) is 49.6 Å². The number of fused-ring (bicyclic) bond motifs is 1. The number of hydrogen-bond donors (Lipinski definition) is 1. The molecular weight excluding hydrogens is 220 g/mol. The molecule has 0 bridgehead atoms. The third-order valence-electron chi connectivity index (χ3n) is 4.40. The van der Waals surface area contributed by atoms with Gasteiger partial charge in [-0.15, -0.1) is 0 Å². The van der Waals surface area contributed by atoms with Crippen molar-refractivity contribution in [1.82, 2.24) is 9.88 Å². The fourth-order valence-corrected chi connectivity index (χ4v) is 3.11. The Morgan fingerprint density at radius 3 is 2.72 bits per heavy atom. The summed E-state index contributed by atoms with van der Waals surface area (Å²) in [6.07, 6.45) is 6.10. The smallest absolute Gasteiger partial charge is 0.0480 e. The van der Waals surface area contributed by atoms with Gasteiger partial charge in [-0.2, -0.15) is 0 Å². The molecule has 1 aliphatic rings. The zero-order chi connectivity index (χ0) is 12.8. The Morgan fingerprint density at radius 2 is 2.11 bits per heavy atom. The fourth-order valence-electron chi connectivity index (χ4n) is 3.11. The number of nitrogens with one attached hydrogen (secondary N) is 1. The van der Waals surface area contributed by atoms with Crippen molar-refractivity contribution in [2.24, 2.45) is 7.05 Å². The van der Waals surface area contributed by atoms with Gasteiger partial charge in [0, 0.05) is 36.1 Å². The number of nitrogens with zero attached hydrogens (tertiary/aromatic N) is 1. The second-order valence-electron chi connectivity index (χ2n) is 5.67. The van der Waals surface area contributed by atoms with Crippen LogP contribution in [-0.4, -0.2) is 18.2 Å². The molecule has 1 N–H and O–H groups in total. The van der Waals surface area contributed by atoms with Crippen LogP contribution in [-0.2, 0) is 18.9 Å². The largest absolute Gasteiger partial charge is 0.350 e. The lowest BCUT2D eigenvalue weighted by atomic mass is 9.94. The van der Waals surface area contributed by atoms with Gasteiger partial charge in [0.25, 0.3) is 0 Å². The molecule has 96 valence electrons. The normalized spacial score (nSPS) is 17.3. The Hall–Kier alpha value is -1.28. The predicted octanol–water partition coefficient (Wildman–Crippen LogP) is 2.99. The van der Waals surface area contributed by atoms with Crippen molar-refractivity contribution in [3.05, 3.63) is 35.5 Å². The van der Waals surface area contributed by atoms with E-state index in [0.717, 1.165) is 13.0 Å². The first kappa shape index (κ1) is 11.8. The van der Waals surface area contributed by atoms with E-state index < -0.39 is 0 Å². The average Bonchev–Trinajstić information content (AvgIpc) is 3.08. The molecule has 1 heterocycles. The molecule has 0 atom stereocenters. The van der Waals surface area contributed by atoms with Crippen molar-refractivity contribution in [3.8, 4) is 0 Å². The highest BCUT2D eigenvalue weighted by molar-refractivity contribution is 5.86. The van der Waals surface area contributed by atoms with Gasteiger partial charge in [0.1, 0.15) is 0 Å². The second kappa shape index (κ2) is 4.13. The van der Waals surface area contributed by atoms with Crippen molar-refractivity contribution >= 4 is 10.9 Å². The molecule has 0 amide bonds. The first-order valence-electron chi connectivity index (χ1n) is 6.93. The van der Waals surface area contributed by atoms with E-state index in [4.69, 9.17) is 0 Å². The number of aryl methyl sites for hydroxylation is 2. The lowest BCUT2D eigenvalue weighted by Crippen LogP contribution is -2.23. The number of hydrogen-bond acceptors (Lipinski definition) is 1. The molecule has 2 heteroatoms. The SMILES string of the molecule is CCc1ccc2c(c1)c(C1(CNC)CC1)cn2C. The molecule has 2 aromatic rings. The van der Waals surface area contributed by atoms with E-state index in [1.54, 1.807) is 5.56 Å². The van der Waals surface area contributed by atoms with E-state index in [9.17, 15) is 0 Å². The van der Waals surface area contributed by atoms with E-state index in [-0.39, 0.29) is 0 Å². The molecule has 3 rings (SSSR count). The van der Waals surface area contributed by atoms with E-state index in [2.05, 4.69) is 55.3 Å². The molecule has 0 radical (unpaired) electrons. The highest BCUT2D eigenvalue weighted by Gasteiger charge is 2.45. The maximum absolute atomic E-state index is 3.36. The van der Waals surface area contributed by atoms with Crippen molar-refractivity contribution in [2.45, 2.75) is 31.6 Å². The molecule has 1 saturated carbocycles. The quantitative estimate of drug-likeness (QED) is 0.872. The average molecular weight is 242 g/mol. The fraction of sp³-hybridized carbons (Fsp3) is 0.500. The minimum atomic E-state index is 0.403. The van der Waals surface area contributed by atoms with Gasteiger partial charge in [-0.1, -0.05) is 13.0 Å². The predicted molar refractivity (Wildman–Crippen MR) is 77.1 cm³/mol. The molecule has 0 aliphatic heterocycles. The molecule has 1 fully saturated rings. The molecule has 1 aromatic carbocycles. The minimum absolute atomic E-state index is 0.403. The van der Waals surface area contributed by atoms with Crippen LogP contribution in [0.4, 0.5) is 0 Å².